The van der Waals surface area contributed by atoms with E-state index in [9.17, 15) is 26.7 Å². The van der Waals surface area contributed by atoms with Crippen LogP contribution in [0.3, 0.4) is 0 Å². The molecule has 1 aromatic heterocycles. The fourth-order valence-electron chi connectivity index (χ4n) is 4.88. The van der Waals surface area contributed by atoms with Crippen molar-refractivity contribution in [2.24, 2.45) is 5.92 Å². The minimum absolute atomic E-state index is 0.0527. The van der Waals surface area contributed by atoms with Gasteiger partial charge in [0.1, 0.15) is 11.0 Å². The summed E-state index contributed by atoms with van der Waals surface area (Å²) >= 11 is 1.13. The molecule has 3 atom stereocenters. The van der Waals surface area contributed by atoms with Crippen molar-refractivity contribution >= 4 is 22.4 Å². The molecule has 2 fully saturated rings. The van der Waals surface area contributed by atoms with E-state index in [-0.39, 0.29) is 50.9 Å². The molecule has 0 saturated carbocycles. The molecule has 4 heterocycles. The minimum Gasteiger partial charge on any atom is -0.465 e. The number of hydrogen-bond donors (Lipinski definition) is 0. The third kappa shape index (κ3) is 6.33. The zero-order chi connectivity index (χ0) is 25.9. The maximum atomic E-state index is 13.0. The summed E-state index contributed by atoms with van der Waals surface area (Å²) in [6.07, 6.45) is 5.05. The van der Waals surface area contributed by atoms with Crippen LogP contribution < -0.4 is 4.90 Å². The smallest absolute Gasteiger partial charge is 0.460 e. The highest BCUT2D eigenvalue weighted by atomic mass is 32.1. The molecule has 0 aliphatic carbocycles. The Hall–Kier alpha value is -2.29. The quantitative estimate of drug-likeness (QED) is 0.285. The standard InChI is InChI=1S/C22H28F5N5O3S/c1-34-19(33)17-11-28-21(36-17)32-13-15(10-16(32)14-35-20(23)24)12-30-5-3-2-4-18(30)29-6-8-31(9-7-29)22(25,26)27/h2-5,11,15-16,18,20H,6-10,12-14H2,1H3/t15-,16+,18?/m1/s1. The lowest BCUT2D eigenvalue weighted by Crippen LogP contribution is -2.57. The monoisotopic (exact) mass is 537 g/mol. The number of alkyl halides is 5. The number of piperazine rings is 1. The Kier molecular flexibility index (Phi) is 8.48. The molecule has 0 bridgehead atoms. The first-order valence-corrected chi connectivity index (χ1v) is 12.3. The number of aromatic nitrogens is 1. The van der Waals surface area contributed by atoms with Gasteiger partial charge in [0, 0.05) is 45.5 Å². The number of rotatable bonds is 8. The summed E-state index contributed by atoms with van der Waals surface area (Å²) in [6.45, 7) is -1.66. The van der Waals surface area contributed by atoms with Crippen molar-refractivity contribution in [2.75, 3.05) is 57.9 Å². The third-order valence-corrected chi connectivity index (χ3v) is 7.58. The Labute approximate surface area is 209 Å². The summed E-state index contributed by atoms with van der Waals surface area (Å²) in [5.74, 6) is -0.467. The van der Waals surface area contributed by atoms with Crippen LogP contribution in [-0.4, -0.2) is 104 Å². The number of ether oxygens (including phenoxy) is 2. The molecular formula is C22H28F5N5O3S. The van der Waals surface area contributed by atoms with E-state index in [1.807, 2.05) is 34.2 Å². The van der Waals surface area contributed by atoms with Crippen LogP contribution in [-0.2, 0) is 9.47 Å². The average Bonchev–Trinajstić information content (AvgIpc) is 3.49. The second-order valence-corrected chi connectivity index (χ2v) is 9.84. The number of thiazole rings is 1. The van der Waals surface area contributed by atoms with Gasteiger partial charge in [0.15, 0.2) is 5.13 Å². The van der Waals surface area contributed by atoms with Crippen LogP contribution in [0.2, 0.25) is 0 Å². The topological polar surface area (TPSA) is 61.4 Å². The molecule has 0 amide bonds. The average molecular weight is 538 g/mol. The summed E-state index contributed by atoms with van der Waals surface area (Å²) in [5, 5.41) is 0.523. The molecule has 3 aliphatic heterocycles. The SMILES string of the molecule is COC(=O)c1cnc(N2C[C@@H](CN3C=CC=CC3N3CCN(C(F)(F)F)CC3)C[C@H]2COC(F)F)s1. The molecule has 3 aliphatic rings. The number of esters is 1. The van der Waals surface area contributed by atoms with Gasteiger partial charge in [-0.1, -0.05) is 17.4 Å². The van der Waals surface area contributed by atoms with Crippen molar-refractivity contribution in [3.05, 3.63) is 35.5 Å². The van der Waals surface area contributed by atoms with Crippen molar-refractivity contribution in [1.29, 1.82) is 0 Å². The molecule has 8 nitrogen and oxygen atoms in total. The van der Waals surface area contributed by atoms with Crippen LogP contribution in [0.5, 0.6) is 0 Å². The van der Waals surface area contributed by atoms with Crippen LogP contribution in [0.15, 0.2) is 30.6 Å². The highest BCUT2D eigenvalue weighted by Crippen LogP contribution is 2.34. The lowest BCUT2D eigenvalue weighted by atomic mass is 10.0. The van der Waals surface area contributed by atoms with Gasteiger partial charge in [0.25, 0.3) is 0 Å². The van der Waals surface area contributed by atoms with Gasteiger partial charge in [-0.05, 0) is 24.5 Å². The van der Waals surface area contributed by atoms with E-state index in [1.165, 1.54) is 13.3 Å². The van der Waals surface area contributed by atoms with Crippen LogP contribution in [0.1, 0.15) is 16.1 Å². The second kappa shape index (κ2) is 11.4. The van der Waals surface area contributed by atoms with Gasteiger partial charge in [0.2, 0.25) is 0 Å². The fraction of sp³-hybridized carbons (Fsp3) is 0.636. The van der Waals surface area contributed by atoms with Crippen LogP contribution >= 0.6 is 11.3 Å². The van der Waals surface area contributed by atoms with E-state index < -0.39 is 18.9 Å². The second-order valence-electron chi connectivity index (χ2n) is 8.83. The van der Waals surface area contributed by atoms with Gasteiger partial charge in [-0.3, -0.25) is 4.90 Å². The number of halogens is 5. The number of allylic oxidation sites excluding steroid dienone is 2. The predicted molar refractivity (Wildman–Crippen MR) is 123 cm³/mol. The number of carbonyl (C=O) groups is 1. The van der Waals surface area contributed by atoms with Gasteiger partial charge >= 0.3 is 18.9 Å². The lowest BCUT2D eigenvalue weighted by Gasteiger charge is -2.44. The number of carbonyl (C=O) groups excluding carboxylic acids is 1. The van der Waals surface area contributed by atoms with E-state index >= 15 is 0 Å². The van der Waals surface area contributed by atoms with Gasteiger partial charge in [-0.15, -0.1) is 0 Å². The molecule has 0 aromatic carbocycles. The Morgan fingerprint density at radius 1 is 1.22 bits per heavy atom. The van der Waals surface area contributed by atoms with E-state index in [4.69, 9.17) is 4.74 Å². The molecule has 0 spiro atoms. The van der Waals surface area contributed by atoms with Crippen LogP contribution in [0.4, 0.5) is 27.1 Å². The maximum absolute atomic E-state index is 13.0. The molecular weight excluding hydrogens is 509 g/mol. The predicted octanol–water partition coefficient (Wildman–Crippen LogP) is 3.21. The van der Waals surface area contributed by atoms with Crippen molar-refractivity contribution in [3.63, 3.8) is 0 Å². The first kappa shape index (κ1) is 26.8. The molecule has 1 aromatic rings. The van der Waals surface area contributed by atoms with E-state index in [2.05, 4.69) is 14.6 Å². The van der Waals surface area contributed by atoms with Gasteiger partial charge in [0.05, 0.1) is 26.0 Å². The van der Waals surface area contributed by atoms with Crippen molar-refractivity contribution in [1.82, 2.24) is 19.7 Å². The normalized spacial score (nSPS) is 25.8. The summed E-state index contributed by atoms with van der Waals surface area (Å²) in [5.41, 5.74) is 0. The first-order chi connectivity index (χ1) is 17.2. The highest BCUT2D eigenvalue weighted by molar-refractivity contribution is 7.17. The van der Waals surface area contributed by atoms with E-state index in [1.54, 1.807) is 0 Å². The molecule has 1 unspecified atom stereocenters. The molecule has 36 heavy (non-hydrogen) atoms. The number of nitrogens with zero attached hydrogens (tertiary/aromatic N) is 5. The Morgan fingerprint density at radius 3 is 2.64 bits per heavy atom. The minimum atomic E-state index is -4.33. The van der Waals surface area contributed by atoms with Crippen molar-refractivity contribution < 1.29 is 36.2 Å². The zero-order valence-electron chi connectivity index (χ0n) is 19.6. The number of hydrogen-bond acceptors (Lipinski definition) is 9. The molecule has 0 radical (unpaired) electrons. The fourth-order valence-corrected chi connectivity index (χ4v) is 5.79. The van der Waals surface area contributed by atoms with Gasteiger partial charge in [-0.25, -0.2) is 14.7 Å². The number of anilines is 1. The van der Waals surface area contributed by atoms with Crippen LogP contribution in [0, 0.1) is 5.92 Å². The highest BCUT2D eigenvalue weighted by Gasteiger charge is 2.41. The summed E-state index contributed by atoms with van der Waals surface area (Å²) in [4.78, 5) is 22.9. The van der Waals surface area contributed by atoms with Crippen molar-refractivity contribution in [2.45, 2.75) is 31.5 Å². The Bertz CT molecular complexity index is 951. The molecule has 0 N–H and O–H groups in total. The summed E-state index contributed by atoms with van der Waals surface area (Å²) in [7, 11) is 1.27. The molecule has 4 rings (SSSR count). The van der Waals surface area contributed by atoms with Gasteiger partial charge in [-0.2, -0.15) is 22.0 Å². The summed E-state index contributed by atoms with van der Waals surface area (Å²) in [6, 6.07) is -0.362. The largest absolute Gasteiger partial charge is 0.465 e. The maximum Gasteiger partial charge on any atom is 0.460 e. The lowest BCUT2D eigenvalue weighted by molar-refractivity contribution is -0.253. The molecule has 2 saturated heterocycles. The van der Waals surface area contributed by atoms with E-state index in [0.29, 0.717) is 34.4 Å². The third-order valence-electron chi connectivity index (χ3n) is 6.57. The Morgan fingerprint density at radius 2 is 1.97 bits per heavy atom. The Balaban J connectivity index is 1.42. The van der Waals surface area contributed by atoms with Crippen LogP contribution in [0.25, 0.3) is 0 Å². The van der Waals surface area contributed by atoms with Crippen molar-refractivity contribution in [3.8, 4) is 0 Å². The molecule has 200 valence electrons. The van der Waals surface area contributed by atoms with Gasteiger partial charge < -0.3 is 19.3 Å². The molecule has 14 heteroatoms. The first-order valence-electron chi connectivity index (χ1n) is 11.5. The summed E-state index contributed by atoms with van der Waals surface area (Å²) < 4.78 is 74.0. The number of methoxy groups -OCH3 is 1. The zero-order valence-corrected chi connectivity index (χ0v) is 20.4. The van der Waals surface area contributed by atoms with E-state index in [0.717, 1.165) is 11.3 Å².